The number of nitrogens with zero attached hydrogens (tertiary/aromatic N) is 2. The van der Waals surface area contributed by atoms with Crippen LogP contribution in [0.4, 0.5) is 4.79 Å². The van der Waals surface area contributed by atoms with E-state index >= 15 is 0 Å². The lowest BCUT2D eigenvalue weighted by Crippen LogP contribution is -2.53. The Morgan fingerprint density at radius 2 is 1.95 bits per heavy atom. The van der Waals surface area contributed by atoms with Crippen LogP contribution in [0.25, 0.3) is 0 Å². The lowest BCUT2D eigenvalue weighted by Gasteiger charge is -2.37. The van der Waals surface area contributed by atoms with Gasteiger partial charge >= 0.3 is 6.09 Å². The first-order valence-corrected chi connectivity index (χ1v) is 8.21. The van der Waals surface area contributed by atoms with Gasteiger partial charge in [-0.1, -0.05) is 12.8 Å². The summed E-state index contributed by atoms with van der Waals surface area (Å²) in [5.41, 5.74) is -0.535. The monoisotopic (exact) mass is 314 g/mol. The fourth-order valence-corrected chi connectivity index (χ4v) is 3.70. The second kappa shape index (κ2) is 6.72. The van der Waals surface area contributed by atoms with Gasteiger partial charge in [-0.3, -0.25) is 9.74 Å². The highest BCUT2D eigenvalue weighted by Crippen LogP contribution is 2.41. The van der Waals surface area contributed by atoms with Gasteiger partial charge in [-0.25, -0.2) is 4.79 Å². The molecule has 1 amide bonds. The van der Waals surface area contributed by atoms with E-state index in [1.807, 2.05) is 20.8 Å². The molecule has 0 spiro atoms. The fraction of sp³-hybridized carbons (Fsp3) is 0.938. The molecule has 1 saturated carbocycles. The highest BCUT2D eigenvalue weighted by molar-refractivity contribution is 5.69. The van der Waals surface area contributed by atoms with Gasteiger partial charge in [-0.05, 0) is 46.0 Å². The van der Waals surface area contributed by atoms with Crippen LogP contribution >= 0.6 is 0 Å². The van der Waals surface area contributed by atoms with E-state index in [1.165, 1.54) is 18.6 Å². The molecule has 1 N–H and O–H groups in total. The first kappa shape index (κ1) is 17.5. The summed E-state index contributed by atoms with van der Waals surface area (Å²) in [6.45, 7) is 5.60. The van der Waals surface area contributed by atoms with E-state index in [9.17, 15) is 9.90 Å². The maximum Gasteiger partial charge on any atom is 0.410 e. The van der Waals surface area contributed by atoms with E-state index in [2.05, 4.69) is 0 Å². The normalized spacial score (nSPS) is 30.3. The number of hydrogen-bond donors (Lipinski definition) is 1. The molecule has 0 bridgehead atoms. The third-order valence-electron chi connectivity index (χ3n) is 4.74. The molecule has 1 aliphatic heterocycles. The van der Waals surface area contributed by atoms with Crippen molar-refractivity contribution in [2.75, 3.05) is 14.2 Å². The van der Waals surface area contributed by atoms with E-state index in [4.69, 9.17) is 9.57 Å². The molecule has 6 heteroatoms. The molecule has 2 fully saturated rings. The molecular weight excluding hydrogens is 284 g/mol. The zero-order valence-electron chi connectivity index (χ0n) is 14.4. The number of fused-ring (bicyclic) bond motifs is 1. The summed E-state index contributed by atoms with van der Waals surface area (Å²) in [5.74, 6) is 0.450. The zero-order chi connectivity index (χ0) is 16.5. The van der Waals surface area contributed by atoms with Crippen LogP contribution in [0.2, 0.25) is 0 Å². The number of likely N-dealkylation sites (tertiary alicyclic amines) is 1. The highest BCUT2D eigenvalue weighted by Gasteiger charge is 2.49. The Bertz CT molecular complexity index is 396. The fourth-order valence-electron chi connectivity index (χ4n) is 3.70. The average molecular weight is 314 g/mol. The van der Waals surface area contributed by atoms with Crippen molar-refractivity contribution in [3.63, 3.8) is 0 Å². The minimum Gasteiger partial charge on any atom is -0.444 e. The maximum absolute atomic E-state index is 12.7. The predicted octanol–water partition coefficient (Wildman–Crippen LogP) is 2.37. The molecule has 2 rings (SSSR count). The van der Waals surface area contributed by atoms with Crippen LogP contribution in [-0.4, -0.2) is 59.2 Å². The Morgan fingerprint density at radius 3 is 2.55 bits per heavy atom. The number of carbonyl (C=O) groups excluding carboxylic acids is 1. The summed E-state index contributed by atoms with van der Waals surface area (Å²) in [5, 5.41) is 11.9. The second-order valence-corrected chi connectivity index (χ2v) is 7.44. The molecule has 6 nitrogen and oxygen atoms in total. The maximum atomic E-state index is 12.7. The summed E-state index contributed by atoms with van der Waals surface area (Å²) in [6.07, 6.45) is 4.07. The third kappa shape index (κ3) is 3.73. The molecule has 1 heterocycles. The largest absolute Gasteiger partial charge is 0.444 e. The predicted molar refractivity (Wildman–Crippen MR) is 83.0 cm³/mol. The Balaban J connectivity index is 2.20. The van der Waals surface area contributed by atoms with Crippen molar-refractivity contribution in [2.24, 2.45) is 5.92 Å². The third-order valence-corrected chi connectivity index (χ3v) is 4.74. The molecule has 0 aromatic carbocycles. The van der Waals surface area contributed by atoms with Crippen molar-refractivity contribution >= 4 is 6.09 Å². The van der Waals surface area contributed by atoms with Gasteiger partial charge in [0, 0.05) is 13.1 Å². The van der Waals surface area contributed by atoms with Crippen LogP contribution in [0.1, 0.15) is 52.9 Å². The molecule has 1 saturated heterocycles. The van der Waals surface area contributed by atoms with Crippen molar-refractivity contribution in [1.29, 1.82) is 0 Å². The minimum absolute atomic E-state index is 0.175. The van der Waals surface area contributed by atoms with Crippen LogP contribution in [0, 0.1) is 5.92 Å². The van der Waals surface area contributed by atoms with Crippen LogP contribution in [0.15, 0.2) is 0 Å². The summed E-state index contributed by atoms with van der Waals surface area (Å²) in [7, 11) is 3.20. The Labute approximate surface area is 133 Å². The molecule has 128 valence electrons. The average Bonchev–Trinajstić information content (AvgIpc) is 2.83. The Morgan fingerprint density at radius 1 is 1.32 bits per heavy atom. The topological polar surface area (TPSA) is 62.2 Å². The molecule has 2 aliphatic rings. The number of hydroxylamine groups is 2. The summed E-state index contributed by atoms with van der Waals surface area (Å²) >= 11 is 0. The molecule has 22 heavy (non-hydrogen) atoms. The molecular formula is C16H30N2O4. The molecule has 0 radical (unpaired) electrons. The Kier molecular flexibility index (Phi) is 5.35. The first-order valence-electron chi connectivity index (χ1n) is 8.21. The minimum atomic E-state index is -0.844. The summed E-state index contributed by atoms with van der Waals surface area (Å²) < 4.78 is 5.58. The smallest absolute Gasteiger partial charge is 0.410 e. The SMILES string of the molecule is CON(C)C(O)[C@H]1CC2CCCCC2N1C(=O)OC(C)(C)C. The highest BCUT2D eigenvalue weighted by atomic mass is 16.7. The summed E-state index contributed by atoms with van der Waals surface area (Å²) in [4.78, 5) is 19.6. The molecule has 0 aromatic heterocycles. The van der Waals surface area contributed by atoms with Crippen molar-refractivity contribution in [3.05, 3.63) is 0 Å². The van der Waals surface area contributed by atoms with Gasteiger partial charge in [0.1, 0.15) is 11.8 Å². The quantitative estimate of drug-likeness (QED) is 0.640. The number of amides is 1. The van der Waals surface area contributed by atoms with Crippen molar-refractivity contribution in [1.82, 2.24) is 9.96 Å². The number of rotatable bonds is 3. The van der Waals surface area contributed by atoms with Gasteiger partial charge < -0.3 is 9.84 Å². The number of aliphatic hydroxyl groups excluding tert-OH is 1. The van der Waals surface area contributed by atoms with Crippen molar-refractivity contribution in [2.45, 2.75) is 76.8 Å². The number of likely N-dealkylation sites (N-methyl/N-ethyl adjacent to an activating group) is 1. The number of carbonyl (C=O) groups is 1. The van der Waals surface area contributed by atoms with Gasteiger partial charge in [0.05, 0.1) is 13.2 Å². The van der Waals surface area contributed by atoms with E-state index < -0.39 is 11.8 Å². The van der Waals surface area contributed by atoms with Crippen LogP contribution < -0.4 is 0 Å². The van der Waals surface area contributed by atoms with Crippen molar-refractivity contribution < 1.29 is 19.5 Å². The van der Waals surface area contributed by atoms with E-state index in [-0.39, 0.29) is 18.2 Å². The van der Waals surface area contributed by atoms with Gasteiger partial charge in [-0.15, -0.1) is 0 Å². The molecule has 4 atom stereocenters. The number of hydrogen-bond acceptors (Lipinski definition) is 5. The van der Waals surface area contributed by atoms with E-state index in [0.717, 1.165) is 25.7 Å². The zero-order valence-corrected chi connectivity index (χ0v) is 14.4. The van der Waals surface area contributed by atoms with Crippen LogP contribution in [0.5, 0.6) is 0 Å². The lowest BCUT2D eigenvalue weighted by molar-refractivity contribution is -0.219. The van der Waals surface area contributed by atoms with Crippen LogP contribution in [0.3, 0.4) is 0 Å². The van der Waals surface area contributed by atoms with Gasteiger partial charge in [0.2, 0.25) is 0 Å². The van der Waals surface area contributed by atoms with E-state index in [0.29, 0.717) is 5.92 Å². The summed E-state index contributed by atoms with van der Waals surface area (Å²) in [6, 6.07) is -0.110. The molecule has 0 aromatic rings. The lowest BCUT2D eigenvalue weighted by atomic mass is 9.84. The second-order valence-electron chi connectivity index (χ2n) is 7.44. The van der Waals surface area contributed by atoms with Gasteiger partial charge in [0.15, 0.2) is 0 Å². The van der Waals surface area contributed by atoms with Gasteiger partial charge in [0.25, 0.3) is 0 Å². The standard InChI is InChI=1S/C16H30N2O4/c1-16(2,3)22-15(20)18-12-9-7-6-8-11(12)10-13(18)14(19)17(4)21-5/h11-14,19H,6-10H2,1-5H3/t11?,12?,13-,14?/m1/s1. The number of aliphatic hydroxyl groups is 1. The van der Waals surface area contributed by atoms with Crippen molar-refractivity contribution in [3.8, 4) is 0 Å². The molecule has 1 aliphatic carbocycles. The Hall–Kier alpha value is -0.850. The molecule has 3 unspecified atom stereocenters. The van der Waals surface area contributed by atoms with E-state index in [1.54, 1.807) is 11.9 Å². The van der Waals surface area contributed by atoms with Gasteiger partial charge in [-0.2, -0.15) is 5.06 Å². The van der Waals surface area contributed by atoms with Crippen LogP contribution in [-0.2, 0) is 9.57 Å². The first-order chi connectivity index (χ1) is 10.2. The number of ether oxygens (including phenoxy) is 1.